The van der Waals surface area contributed by atoms with Crippen LogP contribution in [-0.4, -0.2) is 84.2 Å². The molecule has 0 unspecified atom stereocenters. The molecular formula is C26H38O10. The zero-order valence-corrected chi connectivity index (χ0v) is 21.9. The first-order valence-corrected chi connectivity index (χ1v) is 12.4. The van der Waals surface area contributed by atoms with Gasteiger partial charge in [-0.2, -0.15) is 0 Å². The number of ether oxygens (including phenoxy) is 7. The standard InChI is InChI=1S/C26H38O10/c1-15-16-7-10-25-12-36-26(23(29)33-6,18(25)11-19(28)32-5)22(35-14-31-4)20(34-13-30-3)21(25)24(16,2)9-8-17(15)27/h7,10,15-16,18,20-22H,8-9,11-14H2,1-6H3/t15-,16-,18+,20+,21+,22-,24-,25+,26-/m0/s1. The molecule has 202 valence electrons. The minimum Gasteiger partial charge on any atom is -0.469 e. The van der Waals surface area contributed by atoms with E-state index in [4.69, 9.17) is 33.2 Å². The Kier molecular flexibility index (Phi) is 7.65. The van der Waals surface area contributed by atoms with Gasteiger partial charge in [0.2, 0.25) is 0 Å². The van der Waals surface area contributed by atoms with E-state index in [0.717, 1.165) is 0 Å². The maximum Gasteiger partial charge on any atom is 0.341 e. The van der Waals surface area contributed by atoms with Crippen LogP contribution in [0.5, 0.6) is 0 Å². The maximum absolute atomic E-state index is 13.6. The van der Waals surface area contributed by atoms with Gasteiger partial charge in [-0.05, 0) is 17.8 Å². The van der Waals surface area contributed by atoms with Gasteiger partial charge in [0.25, 0.3) is 0 Å². The normalized spacial score (nSPS) is 43.0. The van der Waals surface area contributed by atoms with Crippen LogP contribution < -0.4 is 0 Å². The Morgan fingerprint density at radius 3 is 2.42 bits per heavy atom. The van der Waals surface area contributed by atoms with Crippen molar-refractivity contribution in [1.82, 2.24) is 0 Å². The fourth-order valence-corrected chi connectivity index (χ4v) is 7.76. The number of carbonyl (C=O) groups is 3. The number of carbonyl (C=O) groups excluding carboxylic acids is 3. The van der Waals surface area contributed by atoms with Gasteiger partial charge in [-0.15, -0.1) is 0 Å². The average molecular weight is 511 g/mol. The quantitative estimate of drug-likeness (QED) is 0.259. The summed E-state index contributed by atoms with van der Waals surface area (Å²) in [6, 6.07) is 0. The minimum atomic E-state index is -1.64. The van der Waals surface area contributed by atoms with Gasteiger partial charge in [0, 0.05) is 43.8 Å². The molecule has 0 aromatic carbocycles. The molecule has 1 heterocycles. The van der Waals surface area contributed by atoms with Crippen molar-refractivity contribution in [3.63, 3.8) is 0 Å². The van der Waals surface area contributed by atoms with Gasteiger partial charge in [0.1, 0.15) is 25.5 Å². The Hall–Kier alpha value is -1.85. The van der Waals surface area contributed by atoms with Crippen molar-refractivity contribution in [2.24, 2.45) is 34.5 Å². The van der Waals surface area contributed by atoms with Gasteiger partial charge in [-0.25, -0.2) is 4.79 Å². The molecule has 9 atom stereocenters. The van der Waals surface area contributed by atoms with Crippen molar-refractivity contribution in [3.05, 3.63) is 12.2 Å². The van der Waals surface area contributed by atoms with Crippen LogP contribution >= 0.6 is 0 Å². The molecule has 1 aliphatic heterocycles. The molecule has 3 fully saturated rings. The first-order valence-electron chi connectivity index (χ1n) is 12.4. The van der Waals surface area contributed by atoms with Gasteiger partial charge >= 0.3 is 11.9 Å². The topological polar surface area (TPSA) is 116 Å². The summed E-state index contributed by atoms with van der Waals surface area (Å²) in [5, 5.41) is 0. The lowest BCUT2D eigenvalue weighted by Gasteiger charge is -2.63. The SMILES string of the molecule is COCO[C@@H]1[C@@H]2[C@@]3(C)CCC(=O)[C@@H](C)[C@@H]3C=C[C@]23CO[C@@](C(=O)OC)([C@@H]3CC(=O)OC)[C@H]1OCOC. The predicted octanol–water partition coefficient (Wildman–Crippen LogP) is 1.89. The Morgan fingerprint density at radius 1 is 1.08 bits per heavy atom. The molecule has 1 spiro atoms. The molecule has 0 radical (unpaired) electrons. The summed E-state index contributed by atoms with van der Waals surface area (Å²) in [4.78, 5) is 39.0. The minimum absolute atomic E-state index is 0.0397. The zero-order valence-electron chi connectivity index (χ0n) is 21.9. The molecule has 0 N–H and O–H groups in total. The summed E-state index contributed by atoms with van der Waals surface area (Å²) in [5.41, 5.74) is -2.81. The number of hydrogen-bond acceptors (Lipinski definition) is 10. The number of rotatable bonds is 9. The van der Waals surface area contributed by atoms with Crippen molar-refractivity contribution < 1.29 is 47.5 Å². The lowest BCUT2D eigenvalue weighted by molar-refractivity contribution is -0.272. The van der Waals surface area contributed by atoms with E-state index in [0.29, 0.717) is 12.8 Å². The van der Waals surface area contributed by atoms with Crippen LogP contribution in [0.25, 0.3) is 0 Å². The lowest BCUT2D eigenvalue weighted by Crippen LogP contribution is -2.72. The smallest absolute Gasteiger partial charge is 0.341 e. The average Bonchev–Trinajstić information content (AvgIpc) is 3.10. The third kappa shape index (κ3) is 3.75. The highest BCUT2D eigenvalue weighted by Gasteiger charge is 2.78. The Labute approximate surface area is 211 Å². The molecule has 10 heteroatoms. The van der Waals surface area contributed by atoms with E-state index >= 15 is 0 Å². The molecule has 0 aromatic rings. The van der Waals surface area contributed by atoms with Gasteiger partial charge < -0.3 is 33.2 Å². The van der Waals surface area contributed by atoms with E-state index in [1.807, 2.05) is 13.0 Å². The van der Waals surface area contributed by atoms with Crippen LogP contribution in [0, 0.1) is 34.5 Å². The Morgan fingerprint density at radius 2 is 1.78 bits per heavy atom. The molecular weight excluding hydrogens is 472 g/mol. The van der Waals surface area contributed by atoms with E-state index in [1.54, 1.807) is 0 Å². The first-order chi connectivity index (χ1) is 17.2. The fraction of sp³-hybridized carbons (Fsp3) is 0.808. The van der Waals surface area contributed by atoms with E-state index in [-0.39, 0.29) is 50.2 Å². The van der Waals surface area contributed by atoms with Crippen LogP contribution in [0.2, 0.25) is 0 Å². The predicted molar refractivity (Wildman–Crippen MR) is 124 cm³/mol. The summed E-state index contributed by atoms with van der Waals surface area (Å²) in [7, 11) is 5.62. The van der Waals surface area contributed by atoms with Crippen LogP contribution in [0.4, 0.5) is 0 Å². The van der Waals surface area contributed by atoms with Crippen molar-refractivity contribution in [2.45, 2.75) is 50.9 Å². The molecule has 36 heavy (non-hydrogen) atoms. The zero-order chi connectivity index (χ0) is 26.3. The molecule has 0 aromatic heterocycles. The van der Waals surface area contributed by atoms with Gasteiger partial charge in [0.05, 0.1) is 33.4 Å². The van der Waals surface area contributed by atoms with E-state index in [9.17, 15) is 14.4 Å². The monoisotopic (exact) mass is 510 g/mol. The third-order valence-electron chi connectivity index (χ3n) is 9.25. The molecule has 2 saturated carbocycles. The molecule has 4 aliphatic rings. The van der Waals surface area contributed by atoms with Crippen molar-refractivity contribution >= 4 is 17.7 Å². The maximum atomic E-state index is 13.6. The number of hydrogen-bond donors (Lipinski definition) is 0. The molecule has 10 nitrogen and oxygen atoms in total. The summed E-state index contributed by atoms with van der Waals surface area (Å²) in [6.07, 6.45) is 3.50. The van der Waals surface area contributed by atoms with E-state index in [1.165, 1.54) is 28.4 Å². The third-order valence-corrected chi connectivity index (χ3v) is 9.25. The number of allylic oxidation sites excluding steroid dienone is 1. The largest absolute Gasteiger partial charge is 0.469 e. The summed E-state index contributed by atoms with van der Waals surface area (Å²) in [6.45, 7) is 4.13. The Balaban J connectivity index is 1.97. The fourth-order valence-electron chi connectivity index (χ4n) is 7.76. The molecule has 4 rings (SSSR count). The molecule has 1 saturated heterocycles. The molecule has 2 bridgehead atoms. The summed E-state index contributed by atoms with van der Waals surface area (Å²) in [5.74, 6) is -2.02. The molecule has 0 amide bonds. The van der Waals surface area contributed by atoms with Crippen molar-refractivity contribution in [1.29, 1.82) is 0 Å². The first kappa shape index (κ1) is 27.2. The summed E-state index contributed by atoms with van der Waals surface area (Å²) < 4.78 is 39.8. The van der Waals surface area contributed by atoms with Gasteiger partial charge in [-0.1, -0.05) is 26.0 Å². The number of fused-ring (bicyclic) bond motifs is 3. The van der Waals surface area contributed by atoms with Crippen molar-refractivity contribution in [3.8, 4) is 0 Å². The second-order valence-corrected chi connectivity index (χ2v) is 10.7. The second kappa shape index (κ2) is 10.1. The van der Waals surface area contributed by atoms with Crippen LogP contribution in [0.15, 0.2) is 12.2 Å². The highest BCUT2D eigenvalue weighted by molar-refractivity contribution is 5.85. The van der Waals surface area contributed by atoms with Crippen LogP contribution in [0.1, 0.15) is 33.1 Å². The number of methoxy groups -OCH3 is 4. The van der Waals surface area contributed by atoms with Crippen LogP contribution in [-0.2, 0) is 47.5 Å². The highest BCUT2D eigenvalue weighted by atomic mass is 16.7. The summed E-state index contributed by atoms with van der Waals surface area (Å²) >= 11 is 0. The highest BCUT2D eigenvalue weighted by Crippen LogP contribution is 2.70. The van der Waals surface area contributed by atoms with Gasteiger partial charge in [-0.3, -0.25) is 9.59 Å². The molecule has 3 aliphatic carbocycles. The van der Waals surface area contributed by atoms with E-state index in [2.05, 4.69) is 13.0 Å². The van der Waals surface area contributed by atoms with Crippen LogP contribution in [0.3, 0.4) is 0 Å². The lowest BCUT2D eigenvalue weighted by atomic mass is 9.41. The van der Waals surface area contributed by atoms with Crippen molar-refractivity contribution in [2.75, 3.05) is 48.6 Å². The van der Waals surface area contributed by atoms with E-state index < -0.39 is 46.5 Å². The number of ketones is 1. The number of Topliss-reactive ketones (excluding diaryl/α,β-unsaturated/α-hetero) is 1. The Bertz CT molecular complexity index is 903. The second-order valence-electron chi connectivity index (χ2n) is 10.7. The van der Waals surface area contributed by atoms with Gasteiger partial charge in [0.15, 0.2) is 5.60 Å². The number of esters is 2.